The Kier molecular flexibility index (Phi) is 7.70. The minimum absolute atomic E-state index is 0.514. The van der Waals surface area contributed by atoms with Crippen LogP contribution in [0.25, 0.3) is 11.3 Å². The van der Waals surface area contributed by atoms with E-state index in [4.69, 9.17) is 19.2 Å². The molecule has 3 aromatic rings. The number of benzene rings is 2. The Labute approximate surface area is 183 Å². The van der Waals surface area contributed by atoms with Crippen molar-refractivity contribution in [1.82, 2.24) is 10.3 Å². The summed E-state index contributed by atoms with van der Waals surface area (Å²) in [6, 6.07) is 17.8. The molecule has 0 bridgehead atoms. The van der Waals surface area contributed by atoms with Crippen LogP contribution in [0.15, 0.2) is 65.8 Å². The third-order valence-electron chi connectivity index (χ3n) is 4.58. The predicted octanol–water partition coefficient (Wildman–Crippen LogP) is 4.35. The van der Waals surface area contributed by atoms with Gasteiger partial charge in [-0.2, -0.15) is 0 Å². The molecule has 0 saturated carbocycles. The Morgan fingerprint density at radius 3 is 2.32 bits per heavy atom. The summed E-state index contributed by atoms with van der Waals surface area (Å²) in [4.78, 5) is 9.15. The number of ether oxygens (including phenoxy) is 3. The molecule has 0 radical (unpaired) electrons. The van der Waals surface area contributed by atoms with Crippen molar-refractivity contribution in [1.29, 1.82) is 0 Å². The lowest BCUT2D eigenvalue weighted by Crippen LogP contribution is -2.30. The van der Waals surface area contributed by atoms with Crippen LogP contribution in [0.2, 0.25) is 0 Å². The van der Waals surface area contributed by atoms with Crippen LogP contribution in [-0.2, 0) is 6.54 Å². The maximum absolute atomic E-state index is 5.43. The second kappa shape index (κ2) is 10.9. The van der Waals surface area contributed by atoms with Gasteiger partial charge < -0.3 is 24.8 Å². The smallest absolute Gasteiger partial charge is 0.203 e. The zero-order chi connectivity index (χ0) is 22.1. The third-order valence-corrected chi connectivity index (χ3v) is 4.58. The molecule has 3 rings (SSSR count). The van der Waals surface area contributed by atoms with Crippen molar-refractivity contribution in [2.24, 2.45) is 4.99 Å². The topological polar surface area (TPSA) is 77.0 Å². The molecule has 0 saturated heterocycles. The average molecular weight is 421 g/mol. The standard InChI is InChI=1S/C24H28N4O3/c1-5-25-24(28-19-14-21(29-2)23(31-4)22(15-19)30-3)27-16-17-9-8-10-18(13-17)20-11-6-7-12-26-20/h6-15H,5,16H2,1-4H3,(H2,25,27,28). The summed E-state index contributed by atoms with van der Waals surface area (Å²) in [6.07, 6.45) is 1.80. The highest BCUT2D eigenvalue weighted by molar-refractivity contribution is 5.94. The molecule has 0 spiro atoms. The highest BCUT2D eigenvalue weighted by atomic mass is 16.5. The van der Waals surface area contributed by atoms with E-state index in [1.165, 1.54) is 0 Å². The molecule has 2 aromatic carbocycles. The van der Waals surface area contributed by atoms with Gasteiger partial charge in [-0.05, 0) is 30.7 Å². The van der Waals surface area contributed by atoms with E-state index in [9.17, 15) is 0 Å². The second-order valence-corrected chi connectivity index (χ2v) is 6.65. The molecule has 0 fully saturated rings. The van der Waals surface area contributed by atoms with Crippen LogP contribution in [0.4, 0.5) is 5.69 Å². The van der Waals surface area contributed by atoms with Crippen molar-refractivity contribution < 1.29 is 14.2 Å². The van der Waals surface area contributed by atoms with Gasteiger partial charge in [-0.1, -0.05) is 24.3 Å². The second-order valence-electron chi connectivity index (χ2n) is 6.65. The minimum atomic E-state index is 0.514. The van der Waals surface area contributed by atoms with Gasteiger partial charge in [0.25, 0.3) is 0 Å². The van der Waals surface area contributed by atoms with E-state index in [0.717, 1.165) is 29.1 Å². The van der Waals surface area contributed by atoms with Crippen LogP contribution in [0.3, 0.4) is 0 Å². The van der Waals surface area contributed by atoms with Gasteiger partial charge in [0.1, 0.15) is 0 Å². The summed E-state index contributed by atoms with van der Waals surface area (Å²) in [5, 5.41) is 6.57. The van der Waals surface area contributed by atoms with Crippen molar-refractivity contribution >= 4 is 11.6 Å². The van der Waals surface area contributed by atoms with Gasteiger partial charge in [0.15, 0.2) is 17.5 Å². The average Bonchev–Trinajstić information content (AvgIpc) is 2.82. The quantitative estimate of drug-likeness (QED) is 0.417. The fraction of sp³-hybridized carbons (Fsp3) is 0.250. The highest BCUT2D eigenvalue weighted by Crippen LogP contribution is 2.39. The van der Waals surface area contributed by atoms with Gasteiger partial charge in [0.05, 0.1) is 33.6 Å². The van der Waals surface area contributed by atoms with Crippen molar-refractivity contribution in [3.8, 4) is 28.5 Å². The first-order valence-electron chi connectivity index (χ1n) is 10.0. The molecular weight excluding hydrogens is 392 g/mol. The van der Waals surface area contributed by atoms with E-state index in [2.05, 4.69) is 33.8 Å². The molecule has 2 N–H and O–H groups in total. The van der Waals surface area contributed by atoms with Gasteiger partial charge in [0, 0.05) is 36.1 Å². The van der Waals surface area contributed by atoms with Gasteiger partial charge in [-0.15, -0.1) is 0 Å². The molecule has 162 valence electrons. The molecule has 0 aliphatic carbocycles. The molecule has 0 amide bonds. The SMILES string of the molecule is CCNC(=NCc1cccc(-c2ccccn2)c1)Nc1cc(OC)c(OC)c(OC)c1. The normalized spacial score (nSPS) is 11.0. The Morgan fingerprint density at radius 1 is 0.935 bits per heavy atom. The summed E-state index contributed by atoms with van der Waals surface area (Å²) >= 11 is 0. The van der Waals surface area contributed by atoms with Crippen LogP contribution in [0, 0.1) is 0 Å². The number of aliphatic imine (C=N–C) groups is 1. The number of nitrogens with zero attached hydrogens (tertiary/aromatic N) is 2. The monoisotopic (exact) mass is 420 g/mol. The number of hydrogen-bond acceptors (Lipinski definition) is 5. The van der Waals surface area contributed by atoms with Crippen molar-refractivity contribution in [2.45, 2.75) is 13.5 Å². The number of rotatable bonds is 8. The molecule has 7 nitrogen and oxygen atoms in total. The van der Waals surface area contributed by atoms with E-state index in [1.54, 1.807) is 27.5 Å². The lowest BCUT2D eigenvalue weighted by molar-refractivity contribution is 0.324. The minimum Gasteiger partial charge on any atom is -0.493 e. The number of pyridine rings is 1. The molecule has 31 heavy (non-hydrogen) atoms. The zero-order valence-corrected chi connectivity index (χ0v) is 18.3. The summed E-state index contributed by atoms with van der Waals surface area (Å²) in [6.45, 7) is 3.26. The van der Waals surface area contributed by atoms with Crippen LogP contribution < -0.4 is 24.8 Å². The van der Waals surface area contributed by atoms with E-state index in [1.807, 2.05) is 43.3 Å². The lowest BCUT2D eigenvalue weighted by Gasteiger charge is -2.16. The molecule has 1 heterocycles. The van der Waals surface area contributed by atoms with Crippen molar-refractivity contribution in [2.75, 3.05) is 33.2 Å². The number of hydrogen-bond donors (Lipinski definition) is 2. The maximum Gasteiger partial charge on any atom is 0.203 e. The number of aromatic nitrogens is 1. The lowest BCUT2D eigenvalue weighted by atomic mass is 10.1. The van der Waals surface area contributed by atoms with Crippen molar-refractivity contribution in [3.05, 3.63) is 66.4 Å². The van der Waals surface area contributed by atoms with E-state index in [0.29, 0.717) is 29.8 Å². The van der Waals surface area contributed by atoms with Crippen LogP contribution >= 0.6 is 0 Å². The number of guanidine groups is 1. The van der Waals surface area contributed by atoms with Gasteiger partial charge >= 0.3 is 0 Å². The Hall–Kier alpha value is -3.74. The van der Waals surface area contributed by atoms with Crippen molar-refractivity contribution in [3.63, 3.8) is 0 Å². The fourth-order valence-electron chi connectivity index (χ4n) is 3.13. The van der Waals surface area contributed by atoms with Gasteiger partial charge in [-0.3, -0.25) is 4.98 Å². The Morgan fingerprint density at radius 2 is 1.71 bits per heavy atom. The molecule has 0 unspecified atom stereocenters. The van der Waals surface area contributed by atoms with Crippen LogP contribution in [-0.4, -0.2) is 38.8 Å². The molecular formula is C24H28N4O3. The van der Waals surface area contributed by atoms with Crippen LogP contribution in [0.1, 0.15) is 12.5 Å². The van der Waals surface area contributed by atoms with E-state index in [-0.39, 0.29) is 0 Å². The van der Waals surface area contributed by atoms with Gasteiger partial charge in [0.2, 0.25) is 5.75 Å². The number of anilines is 1. The summed E-state index contributed by atoms with van der Waals surface area (Å²) < 4.78 is 16.3. The first-order valence-corrected chi connectivity index (χ1v) is 10.0. The largest absolute Gasteiger partial charge is 0.493 e. The predicted molar refractivity (Wildman–Crippen MR) is 124 cm³/mol. The third kappa shape index (κ3) is 5.66. The van der Waals surface area contributed by atoms with Gasteiger partial charge in [-0.25, -0.2) is 4.99 Å². The first kappa shape index (κ1) is 22.0. The van der Waals surface area contributed by atoms with Crippen LogP contribution in [0.5, 0.6) is 17.2 Å². The molecule has 1 aromatic heterocycles. The maximum atomic E-state index is 5.43. The summed E-state index contributed by atoms with van der Waals surface area (Å²) in [5.41, 5.74) is 3.87. The van der Waals surface area contributed by atoms with E-state index >= 15 is 0 Å². The Balaban J connectivity index is 1.82. The zero-order valence-electron chi connectivity index (χ0n) is 18.3. The number of nitrogens with one attached hydrogen (secondary N) is 2. The summed E-state index contributed by atoms with van der Waals surface area (Å²) in [7, 11) is 4.77. The fourth-order valence-corrected chi connectivity index (χ4v) is 3.13. The molecule has 0 aliphatic rings. The Bertz CT molecular complexity index is 997. The molecule has 0 atom stereocenters. The molecule has 0 aliphatic heterocycles. The highest BCUT2D eigenvalue weighted by Gasteiger charge is 2.14. The first-order chi connectivity index (χ1) is 15.2. The molecule has 7 heteroatoms. The van der Waals surface area contributed by atoms with E-state index < -0.39 is 0 Å². The number of methoxy groups -OCH3 is 3. The summed E-state index contributed by atoms with van der Waals surface area (Å²) in [5.74, 6) is 2.34.